The highest BCUT2D eigenvalue weighted by molar-refractivity contribution is 8.14. The highest BCUT2D eigenvalue weighted by Gasteiger charge is 2.18. The fraction of sp³-hybridized carbons (Fsp3) is 0.333. The van der Waals surface area contributed by atoms with Crippen LogP contribution in [-0.4, -0.2) is 47.6 Å². The van der Waals surface area contributed by atoms with E-state index in [9.17, 15) is 0 Å². The fourth-order valence-electron chi connectivity index (χ4n) is 2.99. The molecule has 0 aliphatic carbocycles. The predicted molar refractivity (Wildman–Crippen MR) is 121 cm³/mol. The topological polar surface area (TPSA) is 28.0 Å². The van der Waals surface area contributed by atoms with Crippen LogP contribution >= 0.6 is 35.0 Å². The van der Waals surface area contributed by atoms with Crippen LogP contribution in [0.1, 0.15) is 25.0 Å². The van der Waals surface area contributed by atoms with Crippen LogP contribution in [0.2, 0.25) is 10.0 Å². The Bertz CT molecular complexity index is 860. The lowest BCUT2D eigenvalue weighted by molar-refractivity contribution is 0.324. The molecule has 0 spiro atoms. The Morgan fingerprint density at radius 3 is 2.56 bits per heavy atom. The molecule has 0 amide bonds. The second kappa shape index (κ2) is 9.74. The third-order valence-electron chi connectivity index (χ3n) is 4.53. The number of fused-ring (bicyclic) bond motifs is 1. The number of rotatable bonds is 6. The third kappa shape index (κ3) is 5.14. The van der Waals surface area contributed by atoms with Gasteiger partial charge in [-0.05, 0) is 37.4 Å². The molecule has 0 saturated carbocycles. The van der Waals surface area contributed by atoms with Gasteiger partial charge in [0.1, 0.15) is 0 Å². The summed E-state index contributed by atoms with van der Waals surface area (Å²) in [5, 5.41) is 2.37. The minimum Gasteiger partial charge on any atom is -0.303 e. The standard InChI is InChI=1S/C21H23Cl2N3S/c1-3-26(4-2)11-12-27-20-14-24-21(16-7-5-6-8-18(16)23)17-13-15(22)9-10-19(17)25-20/h5-10,13H,3-4,11-12,14H2,1-2H3. The van der Waals surface area contributed by atoms with Crippen LogP contribution in [0, 0.1) is 0 Å². The van der Waals surface area contributed by atoms with Crippen molar-refractivity contribution in [3.63, 3.8) is 0 Å². The molecule has 0 radical (unpaired) electrons. The predicted octanol–water partition coefficient (Wildman–Crippen LogP) is 5.95. The fourth-order valence-corrected chi connectivity index (χ4v) is 4.29. The summed E-state index contributed by atoms with van der Waals surface area (Å²) in [5.41, 5.74) is 3.57. The molecule has 142 valence electrons. The van der Waals surface area contributed by atoms with Crippen molar-refractivity contribution in [2.75, 3.05) is 31.9 Å². The number of aliphatic imine (C=N–C) groups is 2. The van der Waals surface area contributed by atoms with E-state index in [-0.39, 0.29) is 0 Å². The zero-order valence-electron chi connectivity index (χ0n) is 15.6. The Labute approximate surface area is 175 Å². The lowest BCUT2D eigenvalue weighted by Gasteiger charge is -2.17. The molecule has 0 aromatic heterocycles. The average Bonchev–Trinajstić information content (AvgIpc) is 2.85. The Morgan fingerprint density at radius 1 is 1.04 bits per heavy atom. The van der Waals surface area contributed by atoms with Gasteiger partial charge in [-0.3, -0.25) is 4.99 Å². The molecule has 0 saturated heterocycles. The molecule has 3 rings (SSSR count). The summed E-state index contributed by atoms with van der Waals surface area (Å²) in [7, 11) is 0. The molecule has 2 aromatic carbocycles. The minimum absolute atomic E-state index is 0.551. The van der Waals surface area contributed by atoms with Gasteiger partial charge in [-0.2, -0.15) is 0 Å². The van der Waals surface area contributed by atoms with Crippen molar-refractivity contribution in [2.24, 2.45) is 9.98 Å². The molecule has 6 heteroatoms. The van der Waals surface area contributed by atoms with E-state index in [1.165, 1.54) is 0 Å². The van der Waals surface area contributed by atoms with Gasteiger partial charge in [0, 0.05) is 33.5 Å². The maximum atomic E-state index is 6.44. The quantitative estimate of drug-likeness (QED) is 0.578. The molecule has 0 unspecified atom stereocenters. The van der Waals surface area contributed by atoms with Crippen LogP contribution in [-0.2, 0) is 0 Å². The SMILES string of the molecule is CCN(CC)CCSC1=Nc2ccc(Cl)cc2C(c2ccccc2Cl)=NC1. The van der Waals surface area contributed by atoms with Crippen molar-refractivity contribution >= 4 is 51.4 Å². The van der Waals surface area contributed by atoms with Crippen molar-refractivity contribution in [2.45, 2.75) is 13.8 Å². The molecular weight excluding hydrogens is 397 g/mol. The van der Waals surface area contributed by atoms with Crippen LogP contribution < -0.4 is 0 Å². The molecule has 3 nitrogen and oxygen atoms in total. The summed E-state index contributed by atoms with van der Waals surface area (Å²) in [6.07, 6.45) is 0. The molecule has 27 heavy (non-hydrogen) atoms. The maximum absolute atomic E-state index is 6.44. The molecule has 1 aliphatic rings. The summed E-state index contributed by atoms with van der Waals surface area (Å²) in [6.45, 7) is 8.12. The Kier molecular flexibility index (Phi) is 7.36. The maximum Gasteiger partial charge on any atom is 0.0954 e. The molecule has 2 aromatic rings. The van der Waals surface area contributed by atoms with E-state index < -0.39 is 0 Å². The normalized spacial score (nSPS) is 13.8. The van der Waals surface area contributed by atoms with Gasteiger partial charge in [0.2, 0.25) is 0 Å². The van der Waals surface area contributed by atoms with E-state index in [4.69, 9.17) is 33.2 Å². The second-order valence-electron chi connectivity index (χ2n) is 6.19. The summed E-state index contributed by atoms with van der Waals surface area (Å²) in [5.74, 6) is 1.00. The zero-order chi connectivity index (χ0) is 19.2. The van der Waals surface area contributed by atoms with Gasteiger partial charge in [0.25, 0.3) is 0 Å². The van der Waals surface area contributed by atoms with Crippen molar-refractivity contribution in [3.05, 3.63) is 63.6 Å². The zero-order valence-corrected chi connectivity index (χ0v) is 17.9. The van der Waals surface area contributed by atoms with Crippen molar-refractivity contribution in [1.29, 1.82) is 0 Å². The molecular formula is C21H23Cl2N3S. The van der Waals surface area contributed by atoms with Crippen LogP contribution in [0.25, 0.3) is 0 Å². The molecule has 0 bridgehead atoms. The highest BCUT2D eigenvalue weighted by Crippen LogP contribution is 2.31. The Balaban J connectivity index is 1.89. The highest BCUT2D eigenvalue weighted by atomic mass is 35.5. The van der Waals surface area contributed by atoms with E-state index >= 15 is 0 Å². The first kappa shape index (κ1) is 20.4. The van der Waals surface area contributed by atoms with Crippen LogP contribution in [0.3, 0.4) is 0 Å². The smallest absolute Gasteiger partial charge is 0.0954 e. The first-order valence-electron chi connectivity index (χ1n) is 9.14. The average molecular weight is 420 g/mol. The summed E-state index contributed by atoms with van der Waals surface area (Å²) < 4.78 is 0. The van der Waals surface area contributed by atoms with Crippen LogP contribution in [0.5, 0.6) is 0 Å². The van der Waals surface area contributed by atoms with E-state index in [1.54, 1.807) is 11.8 Å². The first-order valence-corrected chi connectivity index (χ1v) is 10.9. The second-order valence-corrected chi connectivity index (χ2v) is 8.20. The Hall–Kier alpha value is -1.33. The van der Waals surface area contributed by atoms with Crippen LogP contribution in [0.4, 0.5) is 5.69 Å². The van der Waals surface area contributed by atoms with Gasteiger partial charge in [-0.1, -0.05) is 55.2 Å². The van der Waals surface area contributed by atoms with E-state index in [0.29, 0.717) is 16.6 Å². The van der Waals surface area contributed by atoms with Gasteiger partial charge < -0.3 is 4.90 Å². The number of benzene rings is 2. The minimum atomic E-state index is 0.551. The van der Waals surface area contributed by atoms with Gasteiger partial charge in [-0.25, -0.2) is 4.99 Å². The summed E-state index contributed by atoms with van der Waals surface area (Å²) in [6, 6.07) is 13.5. The number of hydrogen-bond donors (Lipinski definition) is 0. The largest absolute Gasteiger partial charge is 0.303 e. The number of thioether (sulfide) groups is 1. The number of hydrogen-bond acceptors (Lipinski definition) is 4. The van der Waals surface area contributed by atoms with E-state index in [1.807, 2.05) is 42.5 Å². The van der Waals surface area contributed by atoms with Crippen molar-refractivity contribution in [1.82, 2.24) is 4.90 Å². The Morgan fingerprint density at radius 2 is 1.81 bits per heavy atom. The lowest BCUT2D eigenvalue weighted by Crippen LogP contribution is -2.25. The molecule has 0 N–H and O–H groups in total. The van der Waals surface area contributed by atoms with Crippen molar-refractivity contribution < 1.29 is 0 Å². The van der Waals surface area contributed by atoms with Gasteiger partial charge in [0.05, 0.1) is 23.0 Å². The van der Waals surface area contributed by atoms with Crippen molar-refractivity contribution in [3.8, 4) is 0 Å². The lowest BCUT2D eigenvalue weighted by atomic mass is 10.0. The first-order chi connectivity index (χ1) is 13.1. The number of nitrogens with zero attached hydrogens (tertiary/aromatic N) is 3. The molecule has 0 atom stereocenters. The van der Waals surface area contributed by atoms with Crippen LogP contribution in [0.15, 0.2) is 52.4 Å². The summed E-state index contributed by atoms with van der Waals surface area (Å²) >= 11 is 14.5. The molecule has 1 heterocycles. The van der Waals surface area contributed by atoms with Gasteiger partial charge in [-0.15, -0.1) is 11.8 Å². The molecule has 1 aliphatic heterocycles. The third-order valence-corrected chi connectivity index (χ3v) is 6.04. The van der Waals surface area contributed by atoms with E-state index in [2.05, 4.69) is 18.7 Å². The van der Waals surface area contributed by atoms with Gasteiger partial charge in [0.15, 0.2) is 0 Å². The van der Waals surface area contributed by atoms with E-state index in [0.717, 1.165) is 53.0 Å². The summed E-state index contributed by atoms with van der Waals surface area (Å²) in [4.78, 5) is 12.2. The van der Waals surface area contributed by atoms with Gasteiger partial charge >= 0.3 is 0 Å². The monoisotopic (exact) mass is 419 g/mol. The number of halogens is 2. The molecule has 0 fully saturated rings.